The van der Waals surface area contributed by atoms with Gasteiger partial charge in [-0.1, -0.05) is 0 Å². The number of carbonyl (C=O) groups is 3. The topological polar surface area (TPSA) is 130 Å². The van der Waals surface area contributed by atoms with Gasteiger partial charge in [-0.25, -0.2) is 13.2 Å². The second-order valence-corrected chi connectivity index (χ2v) is 6.74. The summed E-state index contributed by atoms with van der Waals surface area (Å²) in [7, 11) is -3.30. The first-order chi connectivity index (χ1) is 8.69. The van der Waals surface area contributed by atoms with E-state index in [1.54, 1.807) is 0 Å². The average molecular weight is 292 g/mol. The summed E-state index contributed by atoms with van der Waals surface area (Å²) in [5, 5.41) is 13.6. The van der Waals surface area contributed by atoms with Crippen LogP contribution in [0.5, 0.6) is 0 Å². The normalized spacial score (nSPS) is 20.7. The van der Waals surface area contributed by atoms with Gasteiger partial charge in [0.25, 0.3) is 0 Å². The predicted octanol–water partition coefficient (Wildman–Crippen LogP) is -1.73. The SMILES string of the molecule is CS(=O)(=O)CCC(NC(=O)[C@@H]1CCC(=O)N1)C(=O)O. The molecule has 0 radical (unpaired) electrons. The maximum absolute atomic E-state index is 11.7. The van der Waals surface area contributed by atoms with E-state index in [2.05, 4.69) is 10.6 Å². The fourth-order valence-corrected chi connectivity index (χ4v) is 2.34. The van der Waals surface area contributed by atoms with E-state index < -0.39 is 33.8 Å². The van der Waals surface area contributed by atoms with Gasteiger partial charge in [0.1, 0.15) is 21.9 Å². The lowest BCUT2D eigenvalue weighted by Crippen LogP contribution is -2.49. The molecule has 0 aromatic carbocycles. The lowest BCUT2D eigenvalue weighted by atomic mass is 10.1. The molecule has 0 bridgehead atoms. The first-order valence-corrected chi connectivity index (χ1v) is 7.75. The van der Waals surface area contributed by atoms with Gasteiger partial charge in [0, 0.05) is 12.7 Å². The van der Waals surface area contributed by atoms with Crippen LogP contribution in [0.4, 0.5) is 0 Å². The van der Waals surface area contributed by atoms with Crippen LogP contribution < -0.4 is 10.6 Å². The minimum absolute atomic E-state index is 0.208. The lowest BCUT2D eigenvalue weighted by molar-refractivity contribution is -0.142. The van der Waals surface area contributed by atoms with Crippen LogP contribution in [-0.2, 0) is 24.2 Å². The van der Waals surface area contributed by atoms with E-state index in [0.717, 1.165) is 6.26 Å². The maximum Gasteiger partial charge on any atom is 0.326 e. The van der Waals surface area contributed by atoms with E-state index in [0.29, 0.717) is 6.42 Å². The first kappa shape index (κ1) is 15.4. The van der Waals surface area contributed by atoms with Crippen molar-refractivity contribution in [3.8, 4) is 0 Å². The minimum Gasteiger partial charge on any atom is -0.480 e. The van der Waals surface area contributed by atoms with Gasteiger partial charge in [0.15, 0.2) is 0 Å². The fraction of sp³-hybridized carbons (Fsp3) is 0.700. The van der Waals surface area contributed by atoms with Crippen molar-refractivity contribution in [3.63, 3.8) is 0 Å². The Morgan fingerprint density at radius 2 is 2.16 bits per heavy atom. The molecule has 2 atom stereocenters. The van der Waals surface area contributed by atoms with Crippen molar-refractivity contribution in [1.29, 1.82) is 0 Å². The van der Waals surface area contributed by atoms with Gasteiger partial charge in [0.2, 0.25) is 11.8 Å². The highest BCUT2D eigenvalue weighted by atomic mass is 32.2. The van der Waals surface area contributed by atoms with Gasteiger partial charge >= 0.3 is 5.97 Å². The smallest absolute Gasteiger partial charge is 0.326 e. The molecule has 0 aliphatic carbocycles. The largest absolute Gasteiger partial charge is 0.480 e. The van der Waals surface area contributed by atoms with Gasteiger partial charge in [0.05, 0.1) is 5.75 Å². The van der Waals surface area contributed by atoms with Crippen LogP contribution >= 0.6 is 0 Å². The number of carboxylic acid groups (broad SMARTS) is 1. The Morgan fingerprint density at radius 3 is 2.58 bits per heavy atom. The minimum atomic E-state index is -3.30. The number of amides is 2. The molecule has 19 heavy (non-hydrogen) atoms. The highest BCUT2D eigenvalue weighted by Crippen LogP contribution is 2.07. The van der Waals surface area contributed by atoms with Gasteiger partial charge < -0.3 is 15.7 Å². The number of nitrogens with one attached hydrogen (secondary N) is 2. The summed E-state index contributed by atoms with van der Waals surface area (Å²) in [6.45, 7) is 0. The maximum atomic E-state index is 11.7. The molecule has 0 aromatic rings. The van der Waals surface area contributed by atoms with Gasteiger partial charge in [-0.2, -0.15) is 0 Å². The molecule has 108 valence electrons. The van der Waals surface area contributed by atoms with Gasteiger partial charge in [-0.15, -0.1) is 0 Å². The number of aliphatic carboxylic acids is 1. The Kier molecular flexibility index (Phi) is 4.87. The van der Waals surface area contributed by atoms with Crippen LogP contribution in [0.2, 0.25) is 0 Å². The zero-order chi connectivity index (χ0) is 14.6. The molecule has 0 saturated carbocycles. The highest BCUT2D eigenvalue weighted by molar-refractivity contribution is 7.90. The Hall–Kier alpha value is -1.64. The number of carboxylic acids is 1. The molecule has 0 spiro atoms. The van der Waals surface area contributed by atoms with Crippen molar-refractivity contribution in [2.24, 2.45) is 0 Å². The highest BCUT2D eigenvalue weighted by Gasteiger charge is 2.30. The summed E-state index contributed by atoms with van der Waals surface area (Å²) in [6, 6.07) is -2.02. The second kappa shape index (κ2) is 6.00. The molecule has 1 rings (SSSR count). The summed E-state index contributed by atoms with van der Waals surface area (Å²) >= 11 is 0. The predicted molar refractivity (Wildman–Crippen MR) is 65.1 cm³/mol. The molecule has 3 N–H and O–H groups in total. The number of hydrogen-bond acceptors (Lipinski definition) is 5. The zero-order valence-electron chi connectivity index (χ0n) is 10.4. The third-order valence-corrected chi connectivity index (χ3v) is 3.68. The van der Waals surface area contributed by atoms with E-state index in [1.807, 2.05) is 0 Å². The number of rotatable bonds is 6. The van der Waals surface area contributed by atoms with Crippen molar-refractivity contribution < 1.29 is 27.9 Å². The van der Waals surface area contributed by atoms with E-state index in [9.17, 15) is 22.8 Å². The van der Waals surface area contributed by atoms with Crippen molar-refractivity contribution >= 4 is 27.6 Å². The molecule has 9 heteroatoms. The van der Waals surface area contributed by atoms with Crippen molar-refractivity contribution in [1.82, 2.24) is 10.6 Å². The third-order valence-electron chi connectivity index (χ3n) is 2.70. The molecular formula is C10H16N2O6S. The van der Waals surface area contributed by atoms with Crippen LogP contribution in [0, 0.1) is 0 Å². The van der Waals surface area contributed by atoms with Crippen LogP contribution in [0.25, 0.3) is 0 Å². The lowest BCUT2D eigenvalue weighted by Gasteiger charge is -2.17. The van der Waals surface area contributed by atoms with Crippen LogP contribution in [0.1, 0.15) is 19.3 Å². The van der Waals surface area contributed by atoms with Crippen molar-refractivity contribution in [2.75, 3.05) is 12.0 Å². The zero-order valence-corrected chi connectivity index (χ0v) is 11.2. The van der Waals surface area contributed by atoms with Crippen LogP contribution in [0.15, 0.2) is 0 Å². The van der Waals surface area contributed by atoms with E-state index in [4.69, 9.17) is 5.11 Å². The molecule has 1 heterocycles. The van der Waals surface area contributed by atoms with E-state index >= 15 is 0 Å². The third kappa shape index (κ3) is 5.25. The summed E-state index contributed by atoms with van der Waals surface area (Å²) in [5.74, 6) is -2.50. The molecule has 2 amide bonds. The van der Waals surface area contributed by atoms with Crippen LogP contribution in [-0.4, -0.2) is 55.4 Å². The Bertz CT molecular complexity index is 486. The Balaban J connectivity index is 2.56. The number of hydrogen-bond donors (Lipinski definition) is 3. The quantitative estimate of drug-likeness (QED) is 0.533. The monoisotopic (exact) mass is 292 g/mol. The van der Waals surface area contributed by atoms with E-state index in [-0.39, 0.29) is 24.5 Å². The number of sulfone groups is 1. The van der Waals surface area contributed by atoms with Gasteiger partial charge in [-0.05, 0) is 12.8 Å². The summed E-state index contributed by atoms with van der Waals surface area (Å²) < 4.78 is 22.0. The van der Waals surface area contributed by atoms with Gasteiger partial charge in [-0.3, -0.25) is 9.59 Å². The average Bonchev–Trinajstić information content (AvgIpc) is 2.69. The fourth-order valence-electron chi connectivity index (χ4n) is 1.67. The molecule has 1 fully saturated rings. The molecule has 0 aromatic heterocycles. The Morgan fingerprint density at radius 1 is 1.53 bits per heavy atom. The van der Waals surface area contributed by atoms with Crippen molar-refractivity contribution in [3.05, 3.63) is 0 Å². The standard InChI is InChI=1S/C10H16N2O6S/c1-19(17,18)5-4-7(10(15)16)12-9(14)6-2-3-8(13)11-6/h6-7H,2-5H2,1H3,(H,11,13)(H,12,14)(H,15,16)/t6-,7?/m0/s1. The number of carbonyl (C=O) groups excluding carboxylic acids is 2. The molecule has 1 aliphatic rings. The molecule has 1 aliphatic heterocycles. The Labute approximate surface area is 110 Å². The van der Waals surface area contributed by atoms with Crippen molar-refractivity contribution in [2.45, 2.75) is 31.3 Å². The van der Waals surface area contributed by atoms with E-state index in [1.165, 1.54) is 0 Å². The van der Waals surface area contributed by atoms with Crippen LogP contribution in [0.3, 0.4) is 0 Å². The second-order valence-electron chi connectivity index (χ2n) is 4.48. The first-order valence-electron chi connectivity index (χ1n) is 5.69. The molecule has 1 saturated heterocycles. The summed E-state index contributed by atoms with van der Waals surface area (Å²) in [6.07, 6.45) is 1.31. The summed E-state index contributed by atoms with van der Waals surface area (Å²) in [4.78, 5) is 33.6. The molecular weight excluding hydrogens is 276 g/mol. The summed E-state index contributed by atoms with van der Waals surface area (Å²) in [5.41, 5.74) is 0. The molecule has 1 unspecified atom stereocenters. The molecule has 8 nitrogen and oxygen atoms in total.